The fraction of sp³-hybridized carbons (Fsp3) is 0.333. The van der Waals surface area contributed by atoms with E-state index >= 15 is 0 Å². The van der Waals surface area contributed by atoms with Crippen molar-refractivity contribution in [3.05, 3.63) is 54.2 Å². The second kappa shape index (κ2) is 11.1. The Hall–Kier alpha value is -3.43. The predicted molar refractivity (Wildman–Crippen MR) is 139 cm³/mol. The van der Waals surface area contributed by atoms with Crippen LogP contribution < -0.4 is 20.4 Å². The van der Waals surface area contributed by atoms with Crippen LogP contribution in [-0.2, 0) is 15.2 Å². The van der Waals surface area contributed by atoms with Crippen molar-refractivity contribution in [1.82, 2.24) is 15.0 Å². The SMILES string of the molecule is CN(CCN(C=O)c1cc(-c2cnc(N)cc2C(F)(F)P)nc(N2CCOCC2)n1)c1ccccc1. The highest BCUT2D eigenvalue weighted by molar-refractivity contribution is 7.17. The molecule has 0 radical (unpaired) electrons. The van der Waals surface area contributed by atoms with Gasteiger partial charge in [0, 0.05) is 62.3 Å². The van der Waals surface area contributed by atoms with Gasteiger partial charge in [0.25, 0.3) is 5.66 Å². The number of anilines is 4. The molecule has 1 aliphatic rings. The zero-order chi connectivity index (χ0) is 25.7. The van der Waals surface area contributed by atoms with Crippen LogP contribution in [0.5, 0.6) is 0 Å². The summed E-state index contributed by atoms with van der Waals surface area (Å²) in [4.78, 5) is 30.7. The fourth-order valence-electron chi connectivity index (χ4n) is 3.85. The molecule has 190 valence electrons. The Bertz CT molecular complexity index is 1190. The molecule has 2 N–H and O–H groups in total. The number of nitrogen functional groups attached to an aromatic ring is 1. The van der Waals surface area contributed by atoms with Crippen molar-refractivity contribution in [2.24, 2.45) is 0 Å². The van der Waals surface area contributed by atoms with Crippen molar-refractivity contribution in [1.29, 1.82) is 0 Å². The summed E-state index contributed by atoms with van der Waals surface area (Å²) in [5.41, 5.74) is 3.42. The number of para-hydroxylation sites is 1. The number of aromatic nitrogens is 3. The number of nitrogens with zero attached hydrogens (tertiary/aromatic N) is 6. The smallest absolute Gasteiger partial charge is 0.284 e. The second-order valence-electron chi connectivity index (χ2n) is 8.34. The molecule has 1 aliphatic heterocycles. The van der Waals surface area contributed by atoms with Gasteiger partial charge in [-0.2, -0.15) is 13.8 Å². The third-order valence-corrected chi connectivity index (χ3v) is 6.16. The zero-order valence-electron chi connectivity index (χ0n) is 19.8. The summed E-state index contributed by atoms with van der Waals surface area (Å²) in [6.45, 7) is 2.88. The average molecular weight is 516 g/mol. The van der Waals surface area contributed by atoms with Gasteiger partial charge in [-0.25, -0.2) is 9.97 Å². The van der Waals surface area contributed by atoms with Crippen LogP contribution in [0, 0.1) is 0 Å². The van der Waals surface area contributed by atoms with E-state index < -0.39 is 5.66 Å². The van der Waals surface area contributed by atoms with Crippen LogP contribution in [0.2, 0.25) is 0 Å². The molecule has 12 heteroatoms. The predicted octanol–water partition coefficient (Wildman–Crippen LogP) is 2.98. The Balaban J connectivity index is 1.72. The Kier molecular flexibility index (Phi) is 7.91. The van der Waals surface area contributed by atoms with Gasteiger partial charge in [0.15, 0.2) is 0 Å². The summed E-state index contributed by atoms with van der Waals surface area (Å²) < 4.78 is 34.4. The molecule has 0 spiro atoms. The van der Waals surface area contributed by atoms with Crippen molar-refractivity contribution in [2.45, 2.75) is 5.66 Å². The number of hydrogen-bond donors (Lipinski definition) is 1. The normalized spacial score (nSPS) is 13.9. The van der Waals surface area contributed by atoms with Gasteiger partial charge in [-0.05, 0) is 18.2 Å². The molecule has 1 atom stereocenters. The van der Waals surface area contributed by atoms with Gasteiger partial charge in [0.05, 0.1) is 18.9 Å². The molecular weight excluding hydrogens is 487 g/mol. The first-order valence-electron chi connectivity index (χ1n) is 11.4. The van der Waals surface area contributed by atoms with Crippen LogP contribution in [0.1, 0.15) is 5.56 Å². The fourth-order valence-corrected chi connectivity index (χ4v) is 4.09. The van der Waals surface area contributed by atoms with Crippen LogP contribution in [0.3, 0.4) is 0 Å². The molecule has 0 saturated carbocycles. The molecule has 4 rings (SSSR count). The molecule has 1 saturated heterocycles. The van der Waals surface area contributed by atoms with Gasteiger partial charge in [0.2, 0.25) is 12.4 Å². The number of ether oxygens (including phenoxy) is 1. The number of pyridine rings is 1. The number of likely N-dealkylation sites (N-methyl/N-ethyl adjacent to an activating group) is 1. The first kappa shape index (κ1) is 25.7. The number of alkyl halides is 2. The minimum atomic E-state index is -3.26. The van der Waals surface area contributed by atoms with Crippen molar-refractivity contribution in [3.63, 3.8) is 0 Å². The maximum absolute atomic E-state index is 14.5. The molecule has 0 aliphatic carbocycles. The van der Waals surface area contributed by atoms with Crippen LogP contribution in [0.25, 0.3) is 11.3 Å². The Morgan fingerprint density at radius 2 is 1.89 bits per heavy atom. The molecule has 36 heavy (non-hydrogen) atoms. The summed E-state index contributed by atoms with van der Waals surface area (Å²) >= 11 is 0. The summed E-state index contributed by atoms with van der Waals surface area (Å²) in [5, 5.41) is 0. The largest absolute Gasteiger partial charge is 0.384 e. The molecule has 2 aromatic heterocycles. The van der Waals surface area contributed by atoms with Crippen molar-refractivity contribution in [3.8, 4) is 11.3 Å². The van der Waals surface area contributed by atoms with E-state index in [0.717, 1.165) is 11.8 Å². The maximum Gasteiger partial charge on any atom is 0.284 e. The lowest BCUT2D eigenvalue weighted by Crippen LogP contribution is -2.38. The van der Waals surface area contributed by atoms with Gasteiger partial charge in [-0.15, -0.1) is 0 Å². The number of halogens is 2. The molecule has 3 heterocycles. The molecule has 1 aromatic carbocycles. The summed E-state index contributed by atoms with van der Waals surface area (Å²) in [6, 6.07) is 12.4. The van der Waals surface area contributed by atoms with Gasteiger partial charge >= 0.3 is 0 Å². The first-order chi connectivity index (χ1) is 17.3. The average Bonchev–Trinajstić information content (AvgIpc) is 2.89. The van der Waals surface area contributed by atoms with Gasteiger partial charge in [-0.3, -0.25) is 9.69 Å². The van der Waals surface area contributed by atoms with Gasteiger partial charge in [-0.1, -0.05) is 27.4 Å². The van der Waals surface area contributed by atoms with Crippen molar-refractivity contribution in [2.75, 3.05) is 66.9 Å². The topological polar surface area (TPSA) is 101 Å². The number of carbonyl (C=O) groups is 1. The Morgan fingerprint density at radius 1 is 1.17 bits per heavy atom. The summed E-state index contributed by atoms with van der Waals surface area (Å²) in [7, 11) is 3.45. The third kappa shape index (κ3) is 6.03. The Morgan fingerprint density at radius 3 is 2.56 bits per heavy atom. The number of hydrogen-bond acceptors (Lipinski definition) is 8. The van der Waals surface area contributed by atoms with E-state index in [9.17, 15) is 13.6 Å². The van der Waals surface area contributed by atoms with E-state index in [2.05, 4.69) is 15.0 Å². The quantitative estimate of drug-likeness (QED) is 0.343. The van der Waals surface area contributed by atoms with Crippen LogP contribution >= 0.6 is 9.24 Å². The van der Waals surface area contributed by atoms with E-state index in [4.69, 9.17) is 10.5 Å². The van der Waals surface area contributed by atoms with Crippen LogP contribution in [-0.4, -0.2) is 67.8 Å². The van der Waals surface area contributed by atoms with Crippen LogP contribution in [0.15, 0.2) is 48.7 Å². The number of benzene rings is 1. The first-order valence-corrected chi connectivity index (χ1v) is 12.0. The Labute approximate surface area is 210 Å². The lowest BCUT2D eigenvalue weighted by atomic mass is 10.1. The molecule has 3 aromatic rings. The summed E-state index contributed by atoms with van der Waals surface area (Å²) in [5.74, 6) is 0.591. The van der Waals surface area contributed by atoms with E-state index in [1.165, 1.54) is 26.4 Å². The second-order valence-corrected chi connectivity index (χ2v) is 9.07. The molecule has 1 amide bonds. The number of amides is 1. The number of carbonyl (C=O) groups excluding carboxylic acids is 1. The zero-order valence-corrected chi connectivity index (χ0v) is 21.0. The maximum atomic E-state index is 14.5. The highest BCUT2D eigenvalue weighted by Crippen LogP contribution is 2.41. The van der Waals surface area contributed by atoms with E-state index in [-0.39, 0.29) is 22.6 Å². The minimum Gasteiger partial charge on any atom is -0.384 e. The number of nitrogens with two attached hydrogens (primary N) is 1. The van der Waals surface area contributed by atoms with Crippen molar-refractivity contribution < 1.29 is 18.3 Å². The number of morpholine rings is 1. The van der Waals surface area contributed by atoms with E-state index in [1.54, 1.807) is 0 Å². The van der Waals surface area contributed by atoms with Gasteiger partial charge in [0.1, 0.15) is 11.6 Å². The molecule has 1 unspecified atom stereocenters. The monoisotopic (exact) mass is 515 g/mol. The van der Waals surface area contributed by atoms with Crippen molar-refractivity contribution >= 4 is 38.9 Å². The third-order valence-electron chi connectivity index (χ3n) is 5.85. The molecular formula is C24H28F2N7O2P. The molecule has 9 nitrogen and oxygen atoms in total. The standard InChI is InChI=1S/C24H28F2N7O2P/c1-31(17-5-3-2-4-6-17)7-8-33(16-34)22-14-20(29-23(30-22)32-9-11-35-12-10-32)18-15-28-21(27)13-19(18)24(25,26)36/h2-6,13-16H,7-12,36H2,1H3,(H2,27,28). The van der Waals surface area contributed by atoms with E-state index in [1.807, 2.05) is 47.2 Å². The highest BCUT2D eigenvalue weighted by Gasteiger charge is 2.30. The van der Waals surface area contributed by atoms with E-state index in [0.29, 0.717) is 57.6 Å². The minimum absolute atomic E-state index is 0.0305. The molecule has 0 bridgehead atoms. The highest BCUT2D eigenvalue weighted by atomic mass is 31.0. The lowest BCUT2D eigenvalue weighted by Gasteiger charge is -2.29. The van der Waals surface area contributed by atoms with Gasteiger partial charge < -0.3 is 20.3 Å². The lowest BCUT2D eigenvalue weighted by molar-refractivity contribution is -0.107. The molecule has 1 fully saturated rings. The van der Waals surface area contributed by atoms with Crippen LogP contribution in [0.4, 0.5) is 32.1 Å². The summed E-state index contributed by atoms with van der Waals surface area (Å²) in [6.07, 6.45) is 1.95. The number of rotatable bonds is 9.